The lowest BCUT2D eigenvalue weighted by atomic mass is 9.83. The Balaban J connectivity index is 1.82. The summed E-state index contributed by atoms with van der Waals surface area (Å²) in [6.45, 7) is 1.82. The molecule has 138 valence electrons. The summed E-state index contributed by atoms with van der Waals surface area (Å²) < 4.78 is 12.3. The predicted octanol–water partition coefficient (Wildman–Crippen LogP) is 4.06. The van der Waals surface area contributed by atoms with Gasteiger partial charge in [-0.2, -0.15) is 4.89 Å². The smallest absolute Gasteiger partial charge is 0.170 e. The maximum atomic E-state index is 5.68. The maximum absolute atomic E-state index is 5.68. The van der Waals surface area contributed by atoms with Crippen LogP contribution in [0.5, 0.6) is 17.2 Å². The molecule has 4 rings (SSSR count). The van der Waals surface area contributed by atoms with Gasteiger partial charge in [0.1, 0.15) is 0 Å². The SMILES string of the molecule is COOc1cccc2c1C1Cc3c(Br)cc(OC)c(OC)c3CN1CC2. The zero-order valence-corrected chi connectivity index (χ0v) is 16.8. The number of benzene rings is 2. The third kappa shape index (κ3) is 2.76. The van der Waals surface area contributed by atoms with E-state index in [0.29, 0.717) is 0 Å². The van der Waals surface area contributed by atoms with Gasteiger partial charge in [0, 0.05) is 34.7 Å². The normalized spacial score (nSPS) is 18.5. The second kappa shape index (κ2) is 7.10. The number of methoxy groups -OCH3 is 2. The fourth-order valence-corrected chi connectivity index (χ4v) is 4.84. The molecule has 0 saturated heterocycles. The van der Waals surface area contributed by atoms with Gasteiger partial charge in [0.15, 0.2) is 17.2 Å². The minimum Gasteiger partial charge on any atom is -0.493 e. The van der Waals surface area contributed by atoms with Crippen LogP contribution in [0.2, 0.25) is 0 Å². The molecule has 2 aromatic carbocycles. The number of hydrogen-bond donors (Lipinski definition) is 0. The molecule has 1 unspecified atom stereocenters. The van der Waals surface area contributed by atoms with Crippen molar-refractivity contribution in [1.82, 2.24) is 4.90 Å². The Bertz CT molecular complexity index is 839. The standard InChI is InChI=1S/C20H22BrNO4/c1-23-18-10-15(21)13-9-16-19-12(5-4-6-17(19)26-25-3)7-8-22(16)11-14(13)20(18)24-2/h4-6,10,16H,7-9,11H2,1-3H3. The molecule has 2 aliphatic heterocycles. The van der Waals surface area contributed by atoms with Crippen LogP contribution in [-0.2, 0) is 24.3 Å². The molecule has 2 aromatic rings. The van der Waals surface area contributed by atoms with Gasteiger partial charge >= 0.3 is 0 Å². The van der Waals surface area contributed by atoms with Crippen molar-refractivity contribution in [3.8, 4) is 17.2 Å². The summed E-state index contributed by atoms with van der Waals surface area (Å²) in [5.74, 6) is 2.40. The van der Waals surface area contributed by atoms with Gasteiger partial charge in [-0.25, -0.2) is 0 Å². The molecular weight excluding hydrogens is 398 g/mol. The average molecular weight is 420 g/mol. The number of fused-ring (bicyclic) bond motifs is 4. The highest BCUT2D eigenvalue weighted by atomic mass is 79.9. The van der Waals surface area contributed by atoms with E-state index in [2.05, 4.69) is 26.9 Å². The maximum Gasteiger partial charge on any atom is 0.170 e. The van der Waals surface area contributed by atoms with Crippen molar-refractivity contribution in [1.29, 1.82) is 0 Å². The zero-order valence-electron chi connectivity index (χ0n) is 15.2. The first-order chi connectivity index (χ1) is 12.7. The Morgan fingerprint density at radius 2 is 1.92 bits per heavy atom. The largest absolute Gasteiger partial charge is 0.493 e. The quantitative estimate of drug-likeness (QED) is 0.551. The highest BCUT2D eigenvalue weighted by Crippen LogP contribution is 2.48. The van der Waals surface area contributed by atoms with E-state index < -0.39 is 0 Å². The molecular formula is C20H22BrNO4. The summed E-state index contributed by atoms with van der Waals surface area (Å²) >= 11 is 3.73. The van der Waals surface area contributed by atoms with Crippen molar-refractivity contribution in [2.45, 2.75) is 25.4 Å². The van der Waals surface area contributed by atoms with Crippen LogP contribution in [-0.4, -0.2) is 32.8 Å². The van der Waals surface area contributed by atoms with E-state index >= 15 is 0 Å². The van der Waals surface area contributed by atoms with Gasteiger partial charge in [-0.15, -0.1) is 0 Å². The van der Waals surface area contributed by atoms with Gasteiger partial charge in [0.05, 0.1) is 21.3 Å². The molecule has 1 atom stereocenters. The van der Waals surface area contributed by atoms with E-state index in [1.807, 2.05) is 18.2 Å². The third-order valence-corrected chi connectivity index (χ3v) is 6.07. The molecule has 0 amide bonds. The van der Waals surface area contributed by atoms with Gasteiger partial charge in [0.2, 0.25) is 0 Å². The molecule has 26 heavy (non-hydrogen) atoms. The molecule has 0 aliphatic carbocycles. The van der Waals surface area contributed by atoms with Crippen molar-refractivity contribution < 1.29 is 19.2 Å². The molecule has 0 saturated carbocycles. The lowest BCUT2D eigenvalue weighted by Gasteiger charge is -2.42. The highest BCUT2D eigenvalue weighted by Gasteiger charge is 2.37. The Hall–Kier alpha value is -1.76. The fourth-order valence-electron chi connectivity index (χ4n) is 4.23. The van der Waals surface area contributed by atoms with Crippen LogP contribution in [0.4, 0.5) is 0 Å². The summed E-state index contributed by atoms with van der Waals surface area (Å²) in [6.07, 6.45) is 1.88. The molecule has 6 heteroatoms. The van der Waals surface area contributed by atoms with E-state index in [0.717, 1.165) is 47.7 Å². The highest BCUT2D eigenvalue weighted by molar-refractivity contribution is 9.10. The number of halogens is 1. The molecule has 0 bridgehead atoms. The van der Waals surface area contributed by atoms with Crippen LogP contribution in [0.25, 0.3) is 0 Å². The molecule has 2 aliphatic rings. The van der Waals surface area contributed by atoms with Gasteiger partial charge in [-0.1, -0.05) is 28.1 Å². The predicted molar refractivity (Wildman–Crippen MR) is 102 cm³/mol. The number of ether oxygens (including phenoxy) is 2. The Kier molecular flexibility index (Phi) is 4.82. The van der Waals surface area contributed by atoms with Crippen LogP contribution in [0.15, 0.2) is 28.7 Å². The van der Waals surface area contributed by atoms with Gasteiger partial charge in [0.25, 0.3) is 0 Å². The van der Waals surface area contributed by atoms with E-state index in [1.165, 1.54) is 22.3 Å². The van der Waals surface area contributed by atoms with Crippen molar-refractivity contribution in [3.05, 3.63) is 51.0 Å². The molecule has 0 aromatic heterocycles. The van der Waals surface area contributed by atoms with Crippen molar-refractivity contribution in [3.63, 3.8) is 0 Å². The number of nitrogens with zero attached hydrogens (tertiary/aromatic N) is 1. The second-order valence-corrected chi connectivity index (χ2v) is 7.42. The molecule has 2 heterocycles. The fraction of sp³-hybridized carbons (Fsp3) is 0.400. The molecule has 5 nitrogen and oxygen atoms in total. The van der Waals surface area contributed by atoms with Crippen LogP contribution in [0.1, 0.15) is 28.3 Å². The van der Waals surface area contributed by atoms with E-state index in [-0.39, 0.29) is 6.04 Å². The topological polar surface area (TPSA) is 40.2 Å². The summed E-state index contributed by atoms with van der Waals surface area (Å²) in [5.41, 5.74) is 5.03. The second-order valence-electron chi connectivity index (χ2n) is 6.57. The molecule has 0 spiro atoms. The van der Waals surface area contributed by atoms with Crippen molar-refractivity contribution in [2.24, 2.45) is 0 Å². The van der Waals surface area contributed by atoms with Crippen molar-refractivity contribution in [2.75, 3.05) is 27.9 Å². The van der Waals surface area contributed by atoms with Crippen LogP contribution in [0, 0.1) is 0 Å². The Labute approximate surface area is 161 Å². The zero-order chi connectivity index (χ0) is 18.3. The Morgan fingerprint density at radius 1 is 1.08 bits per heavy atom. The summed E-state index contributed by atoms with van der Waals surface area (Å²) in [7, 11) is 4.92. The van der Waals surface area contributed by atoms with Crippen LogP contribution < -0.4 is 14.4 Å². The summed E-state index contributed by atoms with van der Waals surface area (Å²) in [6, 6.07) is 8.45. The average Bonchev–Trinajstić information content (AvgIpc) is 2.66. The third-order valence-electron chi connectivity index (χ3n) is 5.36. The van der Waals surface area contributed by atoms with Gasteiger partial charge in [-0.3, -0.25) is 4.90 Å². The van der Waals surface area contributed by atoms with E-state index in [9.17, 15) is 0 Å². The number of hydrogen-bond acceptors (Lipinski definition) is 5. The molecule has 0 fully saturated rings. The minimum absolute atomic E-state index is 0.256. The minimum atomic E-state index is 0.256. The first-order valence-corrected chi connectivity index (χ1v) is 9.46. The number of rotatable bonds is 4. The monoisotopic (exact) mass is 419 g/mol. The van der Waals surface area contributed by atoms with Crippen LogP contribution >= 0.6 is 15.9 Å². The van der Waals surface area contributed by atoms with E-state index in [4.69, 9.17) is 19.2 Å². The van der Waals surface area contributed by atoms with Gasteiger partial charge < -0.3 is 14.4 Å². The van der Waals surface area contributed by atoms with Gasteiger partial charge in [-0.05, 0) is 36.1 Å². The van der Waals surface area contributed by atoms with E-state index in [1.54, 1.807) is 21.3 Å². The Morgan fingerprint density at radius 3 is 2.65 bits per heavy atom. The molecule has 0 N–H and O–H groups in total. The first-order valence-electron chi connectivity index (χ1n) is 8.66. The van der Waals surface area contributed by atoms with Crippen molar-refractivity contribution >= 4 is 15.9 Å². The van der Waals surface area contributed by atoms with Crippen LogP contribution in [0.3, 0.4) is 0 Å². The summed E-state index contributed by atoms with van der Waals surface area (Å²) in [4.78, 5) is 12.9. The lowest BCUT2D eigenvalue weighted by Crippen LogP contribution is -2.40. The molecule has 0 radical (unpaired) electrons. The lowest BCUT2D eigenvalue weighted by molar-refractivity contribution is -0.179. The first kappa shape index (κ1) is 17.6. The summed E-state index contributed by atoms with van der Waals surface area (Å²) in [5, 5.41) is 0.